The second kappa shape index (κ2) is 7.25. The molecular weight excluding hydrogens is 278 g/mol. The molecule has 0 atom stereocenters. The van der Waals surface area contributed by atoms with Crippen LogP contribution in [0.2, 0.25) is 0 Å². The predicted molar refractivity (Wildman–Crippen MR) is 81.4 cm³/mol. The fraction of sp³-hybridized carbons (Fsp3) is 0.538. The van der Waals surface area contributed by atoms with Crippen molar-refractivity contribution in [3.8, 4) is 0 Å². The number of carbonyl (C=O) groups is 2. The number of ether oxygens (including phenoxy) is 1. The molecule has 0 bridgehead atoms. The van der Waals surface area contributed by atoms with Crippen LogP contribution in [0.4, 0.5) is 10.7 Å². The van der Waals surface area contributed by atoms with Crippen molar-refractivity contribution in [3.63, 3.8) is 0 Å². The Bertz CT molecular complexity index is 497. The lowest BCUT2D eigenvalue weighted by molar-refractivity contribution is 0.0944. The summed E-state index contributed by atoms with van der Waals surface area (Å²) in [5.74, 6) is -0.915. The molecule has 0 spiro atoms. The average Bonchev–Trinajstić information content (AvgIpc) is 2.70. The van der Waals surface area contributed by atoms with Crippen molar-refractivity contribution in [2.75, 3.05) is 30.8 Å². The van der Waals surface area contributed by atoms with E-state index in [0.29, 0.717) is 29.6 Å². The molecule has 0 unspecified atom stereocenters. The van der Waals surface area contributed by atoms with E-state index in [-0.39, 0.29) is 23.0 Å². The average molecular weight is 299 g/mol. The molecule has 1 aromatic rings. The van der Waals surface area contributed by atoms with Crippen LogP contribution < -0.4 is 16.8 Å². The predicted octanol–water partition coefficient (Wildman–Crippen LogP) is 1.72. The zero-order chi connectivity index (χ0) is 15.3. The van der Waals surface area contributed by atoms with E-state index >= 15 is 0 Å². The first-order valence-electron chi connectivity index (χ1n) is 6.48. The fourth-order valence-corrected chi connectivity index (χ4v) is 2.88. The molecule has 20 heavy (non-hydrogen) atoms. The molecular formula is C13H21N3O3S. The van der Waals surface area contributed by atoms with Gasteiger partial charge in [-0.1, -0.05) is 13.8 Å². The molecule has 1 rings (SSSR count). The number of anilines is 2. The van der Waals surface area contributed by atoms with Gasteiger partial charge in [-0.05, 0) is 6.92 Å². The summed E-state index contributed by atoms with van der Waals surface area (Å²) in [6.07, 6.45) is 0. The summed E-state index contributed by atoms with van der Waals surface area (Å²) in [6, 6.07) is 0. The van der Waals surface area contributed by atoms with Gasteiger partial charge in [0.25, 0.3) is 5.91 Å². The van der Waals surface area contributed by atoms with Crippen LogP contribution in [0.15, 0.2) is 0 Å². The third-order valence-corrected chi connectivity index (χ3v) is 3.85. The molecule has 1 aromatic heterocycles. The van der Waals surface area contributed by atoms with E-state index in [1.807, 2.05) is 6.92 Å². The van der Waals surface area contributed by atoms with E-state index in [1.54, 1.807) is 13.8 Å². The van der Waals surface area contributed by atoms with Crippen LogP contribution in [0.5, 0.6) is 0 Å². The Morgan fingerprint density at radius 3 is 2.55 bits per heavy atom. The van der Waals surface area contributed by atoms with E-state index in [2.05, 4.69) is 5.32 Å². The molecule has 0 saturated carbocycles. The van der Waals surface area contributed by atoms with Crippen LogP contribution in [0, 0.1) is 5.92 Å². The van der Waals surface area contributed by atoms with Gasteiger partial charge < -0.3 is 21.5 Å². The van der Waals surface area contributed by atoms with Crippen molar-refractivity contribution in [2.45, 2.75) is 20.8 Å². The Morgan fingerprint density at radius 2 is 2.05 bits per heavy atom. The Morgan fingerprint density at radius 1 is 1.40 bits per heavy atom. The molecule has 0 fully saturated rings. The highest BCUT2D eigenvalue weighted by Crippen LogP contribution is 2.36. The van der Waals surface area contributed by atoms with Crippen molar-refractivity contribution in [1.29, 1.82) is 0 Å². The molecule has 1 heterocycles. The SMILES string of the molecule is CCOCCNc1sc(C(=O)C(C)C)c(N)c1C(N)=O. The summed E-state index contributed by atoms with van der Waals surface area (Å²) in [4.78, 5) is 23.9. The molecule has 112 valence electrons. The monoisotopic (exact) mass is 299 g/mol. The second-order valence-corrected chi connectivity index (χ2v) is 5.58. The van der Waals surface area contributed by atoms with Gasteiger partial charge in [-0.25, -0.2) is 0 Å². The third kappa shape index (κ3) is 3.71. The van der Waals surface area contributed by atoms with E-state index in [9.17, 15) is 9.59 Å². The number of Topliss-reactive ketones (excluding diaryl/α,β-unsaturated/α-hetero) is 1. The summed E-state index contributed by atoms with van der Waals surface area (Å²) in [6.45, 7) is 7.11. The summed E-state index contributed by atoms with van der Waals surface area (Å²) in [5.41, 5.74) is 11.6. The largest absolute Gasteiger partial charge is 0.397 e. The minimum Gasteiger partial charge on any atom is -0.397 e. The Labute approximate surface area is 122 Å². The Kier molecular flexibility index (Phi) is 5.97. The van der Waals surface area contributed by atoms with E-state index in [0.717, 1.165) is 0 Å². The number of carbonyl (C=O) groups excluding carboxylic acids is 2. The summed E-state index contributed by atoms with van der Waals surface area (Å²) >= 11 is 1.17. The van der Waals surface area contributed by atoms with Gasteiger partial charge in [0.1, 0.15) is 5.00 Å². The Hall–Kier alpha value is -1.60. The number of hydrogen-bond donors (Lipinski definition) is 3. The maximum absolute atomic E-state index is 12.1. The van der Waals surface area contributed by atoms with E-state index in [4.69, 9.17) is 16.2 Å². The first-order valence-corrected chi connectivity index (χ1v) is 7.29. The minimum absolute atomic E-state index is 0.0899. The van der Waals surface area contributed by atoms with Gasteiger partial charge in [0, 0.05) is 19.1 Å². The lowest BCUT2D eigenvalue weighted by Gasteiger charge is -2.05. The van der Waals surface area contributed by atoms with E-state index in [1.165, 1.54) is 11.3 Å². The van der Waals surface area contributed by atoms with Gasteiger partial charge in [0.05, 0.1) is 22.7 Å². The smallest absolute Gasteiger partial charge is 0.253 e. The highest BCUT2D eigenvalue weighted by molar-refractivity contribution is 7.19. The minimum atomic E-state index is -0.638. The molecule has 0 aromatic carbocycles. The van der Waals surface area contributed by atoms with Gasteiger partial charge in [-0.2, -0.15) is 0 Å². The molecule has 6 nitrogen and oxygen atoms in total. The van der Waals surface area contributed by atoms with Gasteiger partial charge in [-0.15, -0.1) is 11.3 Å². The number of primary amides is 1. The van der Waals surface area contributed by atoms with Crippen molar-refractivity contribution in [2.24, 2.45) is 11.7 Å². The van der Waals surface area contributed by atoms with Crippen LogP contribution in [0.25, 0.3) is 0 Å². The number of nitrogens with one attached hydrogen (secondary N) is 1. The zero-order valence-electron chi connectivity index (χ0n) is 12.0. The molecule has 0 aliphatic rings. The van der Waals surface area contributed by atoms with Crippen molar-refractivity contribution >= 4 is 33.7 Å². The third-order valence-electron chi connectivity index (χ3n) is 2.68. The molecule has 1 amide bonds. The van der Waals surface area contributed by atoms with Crippen LogP contribution in [-0.2, 0) is 4.74 Å². The molecule has 0 aliphatic heterocycles. The van der Waals surface area contributed by atoms with Gasteiger partial charge in [-0.3, -0.25) is 9.59 Å². The van der Waals surface area contributed by atoms with Crippen LogP contribution in [0.3, 0.4) is 0 Å². The molecule has 0 saturated heterocycles. The summed E-state index contributed by atoms with van der Waals surface area (Å²) < 4.78 is 5.21. The summed E-state index contributed by atoms with van der Waals surface area (Å²) in [5, 5.41) is 3.57. The maximum Gasteiger partial charge on any atom is 0.253 e. The van der Waals surface area contributed by atoms with Crippen molar-refractivity contribution in [3.05, 3.63) is 10.4 Å². The first kappa shape index (κ1) is 16.5. The van der Waals surface area contributed by atoms with Crippen LogP contribution in [-0.4, -0.2) is 31.4 Å². The lowest BCUT2D eigenvalue weighted by atomic mass is 10.1. The number of ketones is 1. The number of amides is 1. The van der Waals surface area contributed by atoms with Crippen LogP contribution in [0.1, 0.15) is 40.8 Å². The quantitative estimate of drug-likeness (QED) is 0.500. The highest BCUT2D eigenvalue weighted by Gasteiger charge is 2.25. The first-order chi connectivity index (χ1) is 9.40. The van der Waals surface area contributed by atoms with Gasteiger partial charge in [0.15, 0.2) is 5.78 Å². The topological polar surface area (TPSA) is 107 Å². The highest BCUT2D eigenvalue weighted by atomic mass is 32.1. The molecule has 0 radical (unpaired) electrons. The number of thiophene rings is 1. The number of nitrogens with two attached hydrogens (primary N) is 2. The van der Waals surface area contributed by atoms with Crippen LogP contribution >= 0.6 is 11.3 Å². The van der Waals surface area contributed by atoms with Gasteiger partial charge >= 0.3 is 0 Å². The zero-order valence-corrected chi connectivity index (χ0v) is 12.8. The maximum atomic E-state index is 12.1. The number of hydrogen-bond acceptors (Lipinski definition) is 6. The van der Waals surface area contributed by atoms with E-state index < -0.39 is 5.91 Å². The van der Waals surface area contributed by atoms with Crippen molar-refractivity contribution in [1.82, 2.24) is 0 Å². The molecule has 7 heteroatoms. The number of nitrogen functional groups attached to an aromatic ring is 1. The number of rotatable bonds is 8. The summed E-state index contributed by atoms with van der Waals surface area (Å²) in [7, 11) is 0. The van der Waals surface area contributed by atoms with Crippen molar-refractivity contribution < 1.29 is 14.3 Å². The molecule has 5 N–H and O–H groups in total. The lowest BCUT2D eigenvalue weighted by Crippen LogP contribution is -2.17. The molecule has 0 aliphatic carbocycles. The standard InChI is InChI=1S/C13H21N3O3S/c1-4-19-6-5-16-13-8(12(15)18)9(14)11(20-13)10(17)7(2)3/h7,16H,4-6,14H2,1-3H3,(H2,15,18). The Balaban J connectivity index is 3.01. The fourth-order valence-electron chi connectivity index (χ4n) is 1.64. The second-order valence-electron chi connectivity index (χ2n) is 4.56. The van der Waals surface area contributed by atoms with Gasteiger partial charge in [0.2, 0.25) is 0 Å². The normalized spacial score (nSPS) is 10.8.